The Bertz CT molecular complexity index is 284. The number of rotatable bonds is 4. The molecule has 2 fully saturated rings. The van der Waals surface area contributed by atoms with Crippen molar-refractivity contribution in [3.63, 3.8) is 0 Å². The Labute approximate surface area is 109 Å². The zero-order chi connectivity index (χ0) is 13.0. The quantitative estimate of drug-likeness (QED) is 0.790. The lowest BCUT2D eigenvalue weighted by molar-refractivity contribution is -0.147. The number of carbonyl (C=O) groups is 1. The van der Waals surface area contributed by atoms with Crippen LogP contribution in [0.1, 0.15) is 25.7 Å². The molecular formula is C13H24N2O3. The van der Waals surface area contributed by atoms with E-state index in [0.29, 0.717) is 26.3 Å². The Kier molecular flexibility index (Phi) is 4.59. The first kappa shape index (κ1) is 13.8. The van der Waals surface area contributed by atoms with Crippen molar-refractivity contribution in [1.29, 1.82) is 0 Å². The lowest BCUT2D eigenvalue weighted by Gasteiger charge is -2.38. The molecule has 0 bridgehead atoms. The highest BCUT2D eigenvalue weighted by Gasteiger charge is 2.41. The molecule has 0 aromatic heterocycles. The predicted molar refractivity (Wildman–Crippen MR) is 68.2 cm³/mol. The van der Waals surface area contributed by atoms with Crippen LogP contribution in [-0.4, -0.2) is 56.9 Å². The summed E-state index contributed by atoms with van der Waals surface area (Å²) >= 11 is 0. The van der Waals surface area contributed by atoms with Gasteiger partial charge in [0.05, 0.1) is 11.5 Å². The third-order valence-electron chi connectivity index (χ3n) is 4.14. The molecule has 0 saturated carbocycles. The number of ether oxygens (including phenoxy) is 2. The Hall–Kier alpha value is -0.650. The monoisotopic (exact) mass is 256 g/mol. The lowest BCUT2D eigenvalue weighted by atomic mass is 9.79. The predicted octanol–water partition coefficient (Wildman–Crippen LogP) is 0.379. The normalized spacial score (nSPS) is 27.1. The summed E-state index contributed by atoms with van der Waals surface area (Å²) < 4.78 is 10.9. The smallest absolute Gasteiger partial charge is 0.230 e. The molecule has 1 unspecified atom stereocenters. The van der Waals surface area contributed by atoms with Gasteiger partial charge < -0.3 is 20.1 Å². The number of hydrogen-bond donors (Lipinski definition) is 1. The Balaban J connectivity index is 1.94. The van der Waals surface area contributed by atoms with Gasteiger partial charge in [-0.15, -0.1) is 0 Å². The van der Waals surface area contributed by atoms with Gasteiger partial charge in [0.25, 0.3) is 0 Å². The van der Waals surface area contributed by atoms with Gasteiger partial charge in [-0.3, -0.25) is 4.79 Å². The SMILES string of the molecule is CN(CC1CCCO1)C(=O)C1(CN)CCOCC1. The van der Waals surface area contributed by atoms with Crippen molar-refractivity contribution in [1.82, 2.24) is 4.90 Å². The number of carbonyl (C=O) groups excluding carboxylic acids is 1. The molecule has 5 nitrogen and oxygen atoms in total. The van der Waals surface area contributed by atoms with Crippen molar-refractivity contribution < 1.29 is 14.3 Å². The molecule has 18 heavy (non-hydrogen) atoms. The highest BCUT2D eigenvalue weighted by Crippen LogP contribution is 2.31. The van der Waals surface area contributed by atoms with Crippen molar-refractivity contribution in [2.75, 3.05) is 40.0 Å². The summed E-state index contributed by atoms with van der Waals surface area (Å²) in [5.74, 6) is 0.156. The van der Waals surface area contributed by atoms with Crippen molar-refractivity contribution in [2.24, 2.45) is 11.1 Å². The van der Waals surface area contributed by atoms with E-state index in [1.165, 1.54) is 0 Å². The van der Waals surface area contributed by atoms with Crippen molar-refractivity contribution in [3.05, 3.63) is 0 Å². The standard InChI is InChI=1S/C13H24N2O3/c1-15(9-11-3-2-6-18-11)12(16)13(10-14)4-7-17-8-5-13/h11H,2-10,14H2,1H3. The van der Waals surface area contributed by atoms with Gasteiger partial charge in [-0.1, -0.05) is 0 Å². The van der Waals surface area contributed by atoms with E-state index in [-0.39, 0.29) is 12.0 Å². The van der Waals surface area contributed by atoms with E-state index >= 15 is 0 Å². The van der Waals surface area contributed by atoms with Crippen LogP contribution in [0.25, 0.3) is 0 Å². The number of amides is 1. The van der Waals surface area contributed by atoms with Crippen LogP contribution in [0.3, 0.4) is 0 Å². The molecule has 2 aliphatic rings. The average Bonchev–Trinajstić information content (AvgIpc) is 2.91. The molecule has 1 atom stereocenters. The summed E-state index contributed by atoms with van der Waals surface area (Å²) in [6, 6.07) is 0. The third kappa shape index (κ3) is 2.84. The van der Waals surface area contributed by atoms with E-state index in [1.807, 2.05) is 7.05 Å². The molecule has 1 amide bonds. The Morgan fingerprint density at radius 2 is 2.11 bits per heavy atom. The number of nitrogens with two attached hydrogens (primary N) is 1. The minimum atomic E-state index is -0.411. The first-order chi connectivity index (χ1) is 8.68. The maximum atomic E-state index is 12.6. The summed E-state index contributed by atoms with van der Waals surface area (Å²) in [6.07, 6.45) is 3.82. The highest BCUT2D eigenvalue weighted by atomic mass is 16.5. The van der Waals surface area contributed by atoms with Gasteiger partial charge in [-0.25, -0.2) is 0 Å². The molecule has 0 aromatic carbocycles. The van der Waals surface area contributed by atoms with Gasteiger partial charge in [0, 0.05) is 40.0 Å². The Morgan fingerprint density at radius 1 is 1.39 bits per heavy atom. The first-order valence-electron chi connectivity index (χ1n) is 6.83. The van der Waals surface area contributed by atoms with Gasteiger partial charge in [0.2, 0.25) is 5.91 Å². The van der Waals surface area contributed by atoms with Gasteiger partial charge in [0.1, 0.15) is 0 Å². The molecule has 0 aromatic rings. The average molecular weight is 256 g/mol. The van der Waals surface area contributed by atoms with Gasteiger partial charge in [0.15, 0.2) is 0 Å². The zero-order valence-corrected chi connectivity index (χ0v) is 11.2. The van der Waals surface area contributed by atoms with Crippen LogP contribution in [0.2, 0.25) is 0 Å². The second kappa shape index (κ2) is 5.99. The molecule has 0 radical (unpaired) electrons. The van der Waals surface area contributed by atoms with Crippen LogP contribution in [0.5, 0.6) is 0 Å². The van der Waals surface area contributed by atoms with Crippen LogP contribution >= 0.6 is 0 Å². The fraction of sp³-hybridized carbons (Fsp3) is 0.923. The molecule has 2 aliphatic heterocycles. The lowest BCUT2D eigenvalue weighted by Crippen LogP contribution is -2.51. The fourth-order valence-electron chi connectivity index (χ4n) is 2.85. The van der Waals surface area contributed by atoms with E-state index < -0.39 is 5.41 Å². The van der Waals surface area contributed by atoms with Gasteiger partial charge in [-0.2, -0.15) is 0 Å². The molecule has 2 heterocycles. The molecule has 2 N–H and O–H groups in total. The molecule has 2 rings (SSSR count). The second-order valence-electron chi connectivity index (χ2n) is 5.42. The zero-order valence-electron chi connectivity index (χ0n) is 11.2. The van der Waals surface area contributed by atoms with Gasteiger partial charge >= 0.3 is 0 Å². The van der Waals surface area contributed by atoms with Crippen molar-refractivity contribution in [3.8, 4) is 0 Å². The largest absolute Gasteiger partial charge is 0.381 e. The summed E-state index contributed by atoms with van der Waals surface area (Å²) in [5.41, 5.74) is 5.44. The summed E-state index contributed by atoms with van der Waals surface area (Å²) in [6.45, 7) is 3.18. The number of likely N-dealkylation sites (N-methyl/N-ethyl adjacent to an activating group) is 1. The highest BCUT2D eigenvalue weighted by molar-refractivity contribution is 5.83. The van der Waals surface area contributed by atoms with E-state index in [2.05, 4.69) is 0 Å². The van der Waals surface area contributed by atoms with Crippen LogP contribution < -0.4 is 5.73 Å². The maximum absolute atomic E-state index is 12.6. The van der Waals surface area contributed by atoms with Crippen LogP contribution in [0, 0.1) is 5.41 Å². The Morgan fingerprint density at radius 3 is 2.67 bits per heavy atom. The summed E-state index contributed by atoms with van der Waals surface area (Å²) in [7, 11) is 1.86. The molecular weight excluding hydrogens is 232 g/mol. The summed E-state index contributed by atoms with van der Waals surface area (Å²) in [4.78, 5) is 14.4. The third-order valence-corrected chi connectivity index (χ3v) is 4.14. The van der Waals surface area contributed by atoms with Gasteiger partial charge in [-0.05, 0) is 25.7 Å². The molecule has 0 spiro atoms. The van der Waals surface area contributed by atoms with Crippen molar-refractivity contribution >= 4 is 5.91 Å². The van der Waals surface area contributed by atoms with E-state index in [0.717, 1.165) is 32.3 Å². The minimum absolute atomic E-state index is 0.156. The number of hydrogen-bond acceptors (Lipinski definition) is 4. The topological polar surface area (TPSA) is 64.8 Å². The second-order valence-corrected chi connectivity index (χ2v) is 5.42. The molecule has 5 heteroatoms. The maximum Gasteiger partial charge on any atom is 0.230 e. The molecule has 2 saturated heterocycles. The van der Waals surface area contributed by atoms with Crippen molar-refractivity contribution in [2.45, 2.75) is 31.8 Å². The van der Waals surface area contributed by atoms with Crippen LogP contribution in [-0.2, 0) is 14.3 Å². The van der Waals surface area contributed by atoms with E-state index in [4.69, 9.17) is 15.2 Å². The molecule has 0 aliphatic carbocycles. The summed E-state index contributed by atoms with van der Waals surface area (Å²) in [5, 5.41) is 0. The first-order valence-corrected chi connectivity index (χ1v) is 6.83. The van der Waals surface area contributed by atoms with Crippen LogP contribution in [0.15, 0.2) is 0 Å². The van der Waals surface area contributed by atoms with E-state index in [9.17, 15) is 4.79 Å². The number of nitrogens with zero attached hydrogens (tertiary/aromatic N) is 1. The minimum Gasteiger partial charge on any atom is -0.381 e. The molecule has 104 valence electrons. The fourth-order valence-corrected chi connectivity index (χ4v) is 2.85. The van der Waals surface area contributed by atoms with Crippen LogP contribution in [0.4, 0.5) is 0 Å². The van der Waals surface area contributed by atoms with E-state index in [1.54, 1.807) is 4.90 Å².